The molecule has 1 unspecified atom stereocenters. The Morgan fingerprint density at radius 1 is 1.05 bits per heavy atom. The van der Waals surface area contributed by atoms with Crippen molar-refractivity contribution in [3.05, 3.63) is 89.7 Å². The highest BCUT2D eigenvalue weighted by Crippen LogP contribution is 2.27. The fraction of sp³-hybridized carbons (Fsp3) is 0.387. The summed E-state index contributed by atoms with van der Waals surface area (Å²) in [4.78, 5) is 16.7. The van der Waals surface area contributed by atoms with E-state index in [4.69, 9.17) is 9.47 Å². The summed E-state index contributed by atoms with van der Waals surface area (Å²) < 4.78 is 54.7. The molecule has 1 N–H and O–H groups in total. The lowest BCUT2D eigenvalue weighted by Crippen LogP contribution is -2.55. The molecule has 1 fully saturated rings. The van der Waals surface area contributed by atoms with Crippen LogP contribution in [0.4, 0.5) is 14.9 Å². The van der Waals surface area contributed by atoms with Crippen molar-refractivity contribution >= 4 is 21.8 Å². The summed E-state index contributed by atoms with van der Waals surface area (Å²) in [5.41, 5.74) is 1.09. The number of ether oxygens (including phenoxy) is 2. The number of halogens is 1. The van der Waals surface area contributed by atoms with Crippen molar-refractivity contribution in [1.29, 1.82) is 0 Å². The summed E-state index contributed by atoms with van der Waals surface area (Å²) in [6, 6.07) is 19.8. The number of nitrogens with zero attached hydrogens (tertiary/aromatic N) is 2. The number of sulfonamides is 1. The Hall–Kier alpha value is -3.63. The van der Waals surface area contributed by atoms with Crippen LogP contribution < -0.4 is 9.46 Å². The number of carbonyl (C=O) groups is 1. The van der Waals surface area contributed by atoms with E-state index in [0.717, 1.165) is 0 Å². The molecule has 1 amide bonds. The summed E-state index contributed by atoms with van der Waals surface area (Å²) in [7, 11) is -3.78. The lowest BCUT2D eigenvalue weighted by molar-refractivity contribution is -0.00299. The second-order valence-corrected chi connectivity index (χ2v) is 13.0. The molecule has 2 atom stereocenters. The van der Waals surface area contributed by atoms with Crippen LogP contribution in [0.25, 0.3) is 0 Å². The SMILES string of the molecule is Cc1ccc(C(CN2CCN(C(=O)OC(C)(C)C)[C@H](C)C2)Oc2ccc(S(=O)(=O)Nc3ccccc3)cc2)cc1F. The average Bonchev–Trinajstić information content (AvgIpc) is 2.89. The van der Waals surface area contributed by atoms with E-state index in [1.807, 2.05) is 39.8 Å². The van der Waals surface area contributed by atoms with Crippen molar-refractivity contribution in [2.75, 3.05) is 30.9 Å². The molecule has 1 saturated heterocycles. The molecule has 3 aromatic rings. The fourth-order valence-corrected chi connectivity index (χ4v) is 5.69. The summed E-state index contributed by atoms with van der Waals surface area (Å²) in [6.07, 6.45) is -0.870. The van der Waals surface area contributed by atoms with E-state index in [1.54, 1.807) is 54.3 Å². The van der Waals surface area contributed by atoms with Gasteiger partial charge in [0.05, 0.1) is 4.90 Å². The number of para-hydroxylation sites is 1. The smallest absolute Gasteiger partial charge is 0.410 e. The highest BCUT2D eigenvalue weighted by molar-refractivity contribution is 7.92. The third kappa shape index (κ3) is 8.20. The average molecular weight is 584 g/mol. The molecule has 0 radical (unpaired) electrons. The number of piperazine rings is 1. The molecule has 0 bridgehead atoms. The van der Waals surface area contributed by atoms with Gasteiger partial charge in [-0.3, -0.25) is 9.62 Å². The van der Waals surface area contributed by atoms with Gasteiger partial charge < -0.3 is 14.4 Å². The summed E-state index contributed by atoms with van der Waals surface area (Å²) in [5, 5.41) is 0. The summed E-state index contributed by atoms with van der Waals surface area (Å²) in [6.45, 7) is 11.3. The molecule has 41 heavy (non-hydrogen) atoms. The quantitative estimate of drug-likeness (QED) is 0.350. The van der Waals surface area contributed by atoms with Gasteiger partial charge >= 0.3 is 6.09 Å². The predicted octanol–water partition coefficient (Wildman–Crippen LogP) is 6.00. The number of rotatable bonds is 8. The van der Waals surface area contributed by atoms with Crippen molar-refractivity contribution in [2.45, 2.75) is 57.3 Å². The first kappa shape index (κ1) is 30.3. The molecule has 10 heteroatoms. The molecule has 1 aliphatic heterocycles. The van der Waals surface area contributed by atoms with E-state index in [0.29, 0.717) is 48.7 Å². The molecular weight excluding hydrogens is 545 g/mol. The molecule has 3 aromatic carbocycles. The van der Waals surface area contributed by atoms with Gasteiger partial charge in [0.15, 0.2) is 0 Å². The first-order valence-electron chi connectivity index (χ1n) is 13.6. The molecule has 0 saturated carbocycles. The highest BCUT2D eigenvalue weighted by atomic mass is 32.2. The van der Waals surface area contributed by atoms with Crippen LogP contribution in [0.5, 0.6) is 5.75 Å². The first-order valence-corrected chi connectivity index (χ1v) is 15.1. The zero-order chi connectivity index (χ0) is 29.8. The largest absolute Gasteiger partial charge is 0.484 e. The number of nitrogens with one attached hydrogen (secondary N) is 1. The molecule has 0 aromatic heterocycles. The van der Waals surface area contributed by atoms with Gasteiger partial charge in [-0.2, -0.15) is 0 Å². The standard InChI is InChI=1S/C31H38FN3O5S/c1-22-11-12-24(19-28(22)32)29(21-34-17-18-35(23(2)20-34)30(36)40-31(3,4)5)39-26-13-15-27(16-14-26)41(37,38)33-25-9-7-6-8-10-25/h6-16,19,23,29,33H,17-18,20-21H2,1-5H3/t23-,29?/m1/s1. The van der Waals surface area contributed by atoms with Gasteiger partial charge in [0, 0.05) is 37.9 Å². The Labute approximate surface area is 242 Å². The van der Waals surface area contributed by atoms with Gasteiger partial charge in [-0.15, -0.1) is 0 Å². The number of hydrogen-bond donors (Lipinski definition) is 1. The molecule has 8 nitrogen and oxygen atoms in total. The Balaban J connectivity index is 1.49. The number of amides is 1. The van der Waals surface area contributed by atoms with E-state index in [1.165, 1.54) is 18.2 Å². The van der Waals surface area contributed by atoms with E-state index in [-0.39, 0.29) is 22.8 Å². The van der Waals surface area contributed by atoms with Crippen LogP contribution in [0.2, 0.25) is 0 Å². The number of carbonyl (C=O) groups excluding carboxylic acids is 1. The van der Waals surface area contributed by atoms with Gasteiger partial charge in [-0.1, -0.05) is 30.3 Å². The Morgan fingerprint density at radius 2 is 1.73 bits per heavy atom. The third-order valence-electron chi connectivity index (χ3n) is 6.77. The zero-order valence-electron chi connectivity index (χ0n) is 24.1. The maximum atomic E-state index is 14.6. The van der Waals surface area contributed by atoms with Crippen LogP contribution in [0.1, 0.15) is 44.9 Å². The molecule has 220 valence electrons. The fourth-order valence-electron chi connectivity index (χ4n) is 4.63. The van der Waals surface area contributed by atoms with Gasteiger partial charge in [-0.25, -0.2) is 17.6 Å². The van der Waals surface area contributed by atoms with Gasteiger partial charge in [0.2, 0.25) is 0 Å². The Kier molecular flexibility index (Phi) is 9.24. The van der Waals surface area contributed by atoms with Crippen LogP contribution in [0.15, 0.2) is 77.7 Å². The number of hydrogen-bond acceptors (Lipinski definition) is 6. The van der Waals surface area contributed by atoms with Gasteiger partial charge in [0.1, 0.15) is 23.3 Å². The Bertz CT molecular complexity index is 1440. The van der Waals surface area contributed by atoms with Crippen molar-refractivity contribution in [1.82, 2.24) is 9.80 Å². The first-order chi connectivity index (χ1) is 19.3. The maximum Gasteiger partial charge on any atom is 0.410 e. The topological polar surface area (TPSA) is 88.2 Å². The lowest BCUT2D eigenvalue weighted by atomic mass is 10.0. The van der Waals surface area contributed by atoms with Gasteiger partial charge in [0.25, 0.3) is 10.0 Å². The molecular formula is C31H38FN3O5S. The van der Waals surface area contributed by atoms with Crippen LogP contribution in [0, 0.1) is 12.7 Å². The number of anilines is 1. The molecule has 0 spiro atoms. The second kappa shape index (κ2) is 12.5. The molecule has 1 aliphatic rings. The van der Waals surface area contributed by atoms with E-state index in [2.05, 4.69) is 9.62 Å². The molecule has 4 rings (SSSR count). The normalized spacial score (nSPS) is 17.1. The monoisotopic (exact) mass is 583 g/mol. The van der Waals surface area contributed by atoms with Crippen LogP contribution >= 0.6 is 0 Å². The summed E-state index contributed by atoms with van der Waals surface area (Å²) in [5.74, 6) is 0.128. The zero-order valence-corrected chi connectivity index (χ0v) is 24.9. The van der Waals surface area contributed by atoms with Crippen molar-refractivity contribution < 1.29 is 27.1 Å². The van der Waals surface area contributed by atoms with Crippen molar-refractivity contribution in [3.63, 3.8) is 0 Å². The number of aryl methyl sites for hydroxylation is 1. The second-order valence-electron chi connectivity index (χ2n) is 11.3. The lowest BCUT2D eigenvalue weighted by Gasteiger charge is -2.41. The van der Waals surface area contributed by atoms with Crippen LogP contribution in [-0.4, -0.2) is 62.1 Å². The maximum absolute atomic E-state index is 14.6. The third-order valence-corrected chi connectivity index (χ3v) is 8.17. The minimum atomic E-state index is -3.78. The summed E-state index contributed by atoms with van der Waals surface area (Å²) >= 11 is 0. The molecule has 1 heterocycles. The van der Waals surface area contributed by atoms with Crippen LogP contribution in [-0.2, 0) is 14.8 Å². The van der Waals surface area contributed by atoms with E-state index in [9.17, 15) is 17.6 Å². The number of benzene rings is 3. The highest BCUT2D eigenvalue weighted by Gasteiger charge is 2.32. The minimum absolute atomic E-state index is 0.0874. The van der Waals surface area contributed by atoms with E-state index < -0.39 is 21.7 Å². The predicted molar refractivity (Wildman–Crippen MR) is 157 cm³/mol. The Morgan fingerprint density at radius 3 is 2.34 bits per heavy atom. The van der Waals surface area contributed by atoms with Crippen molar-refractivity contribution in [2.24, 2.45) is 0 Å². The molecule has 0 aliphatic carbocycles. The van der Waals surface area contributed by atoms with Crippen LogP contribution in [0.3, 0.4) is 0 Å². The van der Waals surface area contributed by atoms with Crippen molar-refractivity contribution in [3.8, 4) is 5.75 Å². The van der Waals surface area contributed by atoms with E-state index >= 15 is 0 Å². The van der Waals surface area contributed by atoms with Gasteiger partial charge in [-0.05, 0) is 88.2 Å². The minimum Gasteiger partial charge on any atom is -0.484 e.